The van der Waals surface area contributed by atoms with Crippen molar-refractivity contribution in [3.8, 4) is 0 Å². The van der Waals surface area contributed by atoms with E-state index >= 15 is 0 Å². The number of hydrogen-bond donors (Lipinski definition) is 7. The first kappa shape index (κ1) is 59.5. The highest BCUT2D eigenvalue weighted by Gasteiger charge is 2.38. The predicted octanol–water partition coefficient (Wildman–Crippen LogP) is 3.50. The molecule has 360 valence electrons. The van der Waals surface area contributed by atoms with Gasteiger partial charge in [-0.25, -0.2) is 29.2 Å². The van der Waals surface area contributed by atoms with E-state index in [1.807, 2.05) is 0 Å². The molecule has 0 spiro atoms. The number of carboxylic acids is 1. The van der Waals surface area contributed by atoms with Crippen LogP contribution >= 0.6 is 69.6 Å². The fourth-order valence-electron chi connectivity index (χ4n) is 4.71. The van der Waals surface area contributed by atoms with E-state index in [-0.39, 0.29) is 13.2 Å². The molecular formula is C35H56Cl6F2N6O13. The molecule has 0 unspecified atom stereocenters. The Balaban J connectivity index is 0.00000100. The second-order valence-electron chi connectivity index (χ2n) is 15.9. The van der Waals surface area contributed by atoms with Crippen LogP contribution in [0.2, 0.25) is 0 Å². The first-order chi connectivity index (χ1) is 27.9. The fraction of sp³-hybridized carbons (Fsp3) is 0.800. The quantitative estimate of drug-likeness (QED) is 0.0839. The lowest BCUT2D eigenvalue weighted by Gasteiger charge is -2.34. The lowest BCUT2D eigenvalue weighted by Crippen LogP contribution is -2.60. The Morgan fingerprint density at radius 1 is 0.677 bits per heavy atom. The zero-order chi connectivity index (χ0) is 48.8. The molecule has 0 aromatic heterocycles. The van der Waals surface area contributed by atoms with Gasteiger partial charge in [-0.05, 0) is 88.0 Å². The highest BCUT2D eigenvalue weighted by molar-refractivity contribution is 6.68. The van der Waals surface area contributed by atoms with Gasteiger partial charge in [0, 0.05) is 13.1 Å². The lowest BCUT2D eigenvalue weighted by atomic mass is 10.0. The topological polar surface area (TPSA) is 262 Å². The van der Waals surface area contributed by atoms with Crippen molar-refractivity contribution >= 4 is 111 Å². The van der Waals surface area contributed by atoms with E-state index in [4.69, 9.17) is 94.0 Å². The molecule has 0 aromatic carbocycles. The van der Waals surface area contributed by atoms with Crippen LogP contribution in [0.15, 0.2) is 0 Å². The number of aliphatic hydroxyl groups excluding tert-OH is 2. The Hall–Kier alpha value is -2.47. The van der Waals surface area contributed by atoms with E-state index in [0.717, 1.165) is 32.7 Å². The van der Waals surface area contributed by atoms with Crippen LogP contribution in [0.1, 0.15) is 88.0 Å². The summed E-state index contributed by atoms with van der Waals surface area (Å²) in [5.41, 5.74) is 0.579. The number of hydrogen-bond acceptors (Lipinski definition) is 14. The minimum absolute atomic E-state index is 0.282. The third kappa shape index (κ3) is 24.6. The molecule has 0 radical (unpaired) electrons. The maximum Gasteiger partial charge on any atom is 0.408 e. The predicted molar refractivity (Wildman–Crippen MR) is 225 cm³/mol. The van der Waals surface area contributed by atoms with Gasteiger partial charge in [0.1, 0.15) is 54.3 Å². The van der Waals surface area contributed by atoms with Gasteiger partial charge in [-0.3, -0.25) is 34.0 Å². The van der Waals surface area contributed by atoms with Crippen molar-refractivity contribution in [2.24, 2.45) is 0 Å². The van der Waals surface area contributed by atoms with Crippen molar-refractivity contribution in [2.75, 3.05) is 26.3 Å². The maximum absolute atomic E-state index is 13.6. The molecule has 2 rings (SSSR count). The van der Waals surface area contributed by atoms with Crippen molar-refractivity contribution in [1.29, 1.82) is 0 Å². The zero-order valence-electron chi connectivity index (χ0n) is 35.5. The van der Waals surface area contributed by atoms with Gasteiger partial charge < -0.3 is 40.2 Å². The van der Waals surface area contributed by atoms with Gasteiger partial charge in [0.2, 0.25) is 7.59 Å². The van der Waals surface area contributed by atoms with E-state index in [0.29, 0.717) is 32.2 Å². The summed E-state index contributed by atoms with van der Waals surface area (Å²) < 4.78 is 37.5. The third-order valence-electron chi connectivity index (χ3n) is 7.85. The molecule has 2 heterocycles. The standard InChI is InChI=1S/C15H23Cl3FN3O5.C15H24Cl3N3O5.C5H9FO3/c1-8(20-11(24)10(23)14(2,3)19)12(25)22-6-4-5-9(21-22)13(26)27-7-15(16,17)18;1-9(19-13(24)26-14(2,3)4)11(22)21-7-5-6-10(20-21)12(23)25-8-15(16,17)18;1-5(2,6)3(7)4(8)9/h8-10,21,23H,4-7H2,1-3H3,(H,20,24);9-10,20H,5-8H2,1-4H3,(H,19,24);3,7H,1-2H3,(H,8,9)/t8-,9-,10+;9-,10-;3-/m001/s1. The molecule has 2 saturated heterocycles. The van der Waals surface area contributed by atoms with Crippen molar-refractivity contribution in [3.63, 3.8) is 0 Å². The molecule has 2 aliphatic rings. The highest BCUT2D eigenvalue weighted by Crippen LogP contribution is 2.27. The molecule has 7 N–H and O–H groups in total. The Labute approximate surface area is 388 Å². The Morgan fingerprint density at radius 3 is 1.32 bits per heavy atom. The van der Waals surface area contributed by atoms with Crippen molar-refractivity contribution in [3.05, 3.63) is 0 Å². The molecule has 19 nitrogen and oxygen atoms in total. The number of nitrogens with zero attached hydrogens (tertiary/aromatic N) is 2. The lowest BCUT2D eigenvalue weighted by molar-refractivity contribution is -0.154. The van der Waals surface area contributed by atoms with Crippen LogP contribution in [-0.2, 0) is 43.0 Å². The number of amides is 4. The number of carbonyl (C=O) groups is 7. The van der Waals surface area contributed by atoms with Gasteiger partial charge >= 0.3 is 24.0 Å². The van der Waals surface area contributed by atoms with Gasteiger partial charge in [0.15, 0.2) is 12.2 Å². The van der Waals surface area contributed by atoms with Crippen LogP contribution in [0.3, 0.4) is 0 Å². The summed E-state index contributed by atoms with van der Waals surface area (Å²) in [5, 5.41) is 33.3. The Bertz CT molecular complexity index is 1540. The number of alkyl halides is 8. The van der Waals surface area contributed by atoms with Crippen molar-refractivity contribution < 1.29 is 71.9 Å². The number of aliphatic carboxylic acids is 1. The minimum Gasteiger partial charge on any atom is -0.479 e. The first-order valence-electron chi connectivity index (χ1n) is 18.7. The van der Waals surface area contributed by atoms with Crippen LogP contribution in [0.5, 0.6) is 0 Å². The normalized spacial score (nSPS) is 19.3. The van der Waals surface area contributed by atoms with E-state index in [1.165, 1.54) is 18.9 Å². The van der Waals surface area contributed by atoms with Crippen molar-refractivity contribution in [2.45, 2.75) is 149 Å². The molecule has 2 fully saturated rings. The van der Waals surface area contributed by atoms with Crippen LogP contribution in [-0.4, -0.2) is 154 Å². The number of rotatable bonds is 12. The zero-order valence-corrected chi connectivity index (χ0v) is 40.0. The molecule has 6 atom stereocenters. The van der Waals surface area contributed by atoms with Gasteiger partial charge in [-0.15, -0.1) is 0 Å². The molecule has 2 aliphatic heterocycles. The van der Waals surface area contributed by atoms with Crippen LogP contribution in [0.4, 0.5) is 13.6 Å². The second-order valence-corrected chi connectivity index (χ2v) is 21.0. The first-order valence-corrected chi connectivity index (χ1v) is 21.0. The van der Waals surface area contributed by atoms with Crippen LogP contribution in [0, 0.1) is 0 Å². The summed E-state index contributed by atoms with van der Waals surface area (Å²) in [6.07, 6.45) is -2.62. The average molecular weight is 1020 g/mol. The summed E-state index contributed by atoms with van der Waals surface area (Å²) >= 11 is 33.2. The summed E-state index contributed by atoms with van der Waals surface area (Å²) in [5.74, 6) is -4.84. The smallest absolute Gasteiger partial charge is 0.408 e. The molecule has 0 bridgehead atoms. The van der Waals surface area contributed by atoms with Gasteiger partial charge in [-0.2, -0.15) is 0 Å². The fourth-order valence-corrected chi connectivity index (χ4v) is 5.04. The summed E-state index contributed by atoms with van der Waals surface area (Å²) in [6, 6.07) is -3.46. The Morgan fingerprint density at radius 2 is 1.03 bits per heavy atom. The molecule has 4 amide bonds. The monoisotopic (exact) mass is 1020 g/mol. The molecule has 62 heavy (non-hydrogen) atoms. The molecule has 0 saturated carbocycles. The van der Waals surface area contributed by atoms with Crippen LogP contribution in [0.25, 0.3) is 0 Å². The minimum atomic E-state index is -2.16. The number of carboxylic acid groups (broad SMARTS) is 1. The number of nitrogens with one attached hydrogen (secondary N) is 4. The van der Waals surface area contributed by atoms with Crippen molar-refractivity contribution in [1.82, 2.24) is 31.5 Å². The maximum atomic E-state index is 13.6. The number of carbonyl (C=O) groups excluding carboxylic acids is 6. The molecule has 0 aliphatic carbocycles. The van der Waals surface area contributed by atoms with E-state index < -0.39 is 109 Å². The number of alkyl carbamates (subject to hydrolysis) is 1. The summed E-state index contributed by atoms with van der Waals surface area (Å²) in [6.45, 7) is 12.0. The van der Waals surface area contributed by atoms with Gasteiger partial charge in [0.25, 0.3) is 17.7 Å². The number of hydrazine groups is 2. The van der Waals surface area contributed by atoms with E-state index in [9.17, 15) is 47.4 Å². The highest BCUT2D eigenvalue weighted by atomic mass is 35.6. The second kappa shape index (κ2) is 25.3. The van der Waals surface area contributed by atoms with Gasteiger partial charge in [0.05, 0.1) is 0 Å². The van der Waals surface area contributed by atoms with Gasteiger partial charge in [-0.1, -0.05) is 69.6 Å². The average Bonchev–Trinajstić information content (AvgIpc) is 3.13. The van der Waals surface area contributed by atoms with Crippen LogP contribution < -0.4 is 21.5 Å². The number of esters is 2. The Kier molecular flexibility index (Phi) is 24.3. The number of ether oxygens (including phenoxy) is 3. The molecular weight excluding hydrogens is 963 g/mol. The van der Waals surface area contributed by atoms with E-state index in [2.05, 4.69) is 21.5 Å². The summed E-state index contributed by atoms with van der Waals surface area (Å²) in [7, 11) is 0. The summed E-state index contributed by atoms with van der Waals surface area (Å²) in [4.78, 5) is 82.4. The third-order valence-corrected chi connectivity index (χ3v) is 8.50. The SMILES string of the molecule is CC(C)(F)[C@H](O)C(=O)O.C[C@H](NC(=O)OC(C)(C)C)C(=O)N1CCC[C@@H](C(=O)OCC(Cl)(Cl)Cl)N1.C[C@H](NC(=O)[C@@H](O)C(C)(C)F)C(=O)N1CCC[C@@H](C(=O)OCC(Cl)(Cl)Cl)N1. The number of aliphatic hydroxyl groups is 2. The number of halogens is 8. The largest absolute Gasteiger partial charge is 0.479 e. The molecule has 0 aromatic rings. The van der Waals surface area contributed by atoms with E-state index in [1.54, 1.807) is 20.8 Å². The molecule has 27 heteroatoms.